The minimum atomic E-state index is -2.59. The molecule has 1 aromatic rings. The maximum atomic E-state index is 13.2. The molecule has 5 heteroatoms. The van der Waals surface area contributed by atoms with E-state index in [2.05, 4.69) is 5.32 Å². The van der Waals surface area contributed by atoms with Gasteiger partial charge < -0.3 is 14.8 Å². The highest BCUT2D eigenvalue weighted by atomic mass is 19.3. The molecule has 1 saturated heterocycles. The van der Waals surface area contributed by atoms with Crippen LogP contribution in [0.25, 0.3) is 0 Å². The van der Waals surface area contributed by atoms with Gasteiger partial charge in [-0.3, -0.25) is 0 Å². The molecule has 0 amide bonds. The second-order valence-corrected chi connectivity index (χ2v) is 4.96. The molecule has 1 fully saturated rings. The van der Waals surface area contributed by atoms with Gasteiger partial charge in [-0.25, -0.2) is 8.78 Å². The second kappa shape index (κ2) is 5.33. The lowest BCUT2D eigenvalue weighted by atomic mass is 9.89. The van der Waals surface area contributed by atoms with Crippen molar-refractivity contribution >= 4 is 0 Å². The third kappa shape index (κ3) is 2.52. The van der Waals surface area contributed by atoms with Crippen molar-refractivity contribution in [3.63, 3.8) is 0 Å². The zero-order valence-electron chi connectivity index (χ0n) is 11.4. The molecular weight excluding hydrogens is 252 g/mol. The Bertz CT molecular complexity index is 457. The van der Waals surface area contributed by atoms with Gasteiger partial charge >= 0.3 is 0 Å². The van der Waals surface area contributed by atoms with Gasteiger partial charge in [-0.05, 0) is 44.0 Å². The van der Waals surface area contributed by atoms with E-state index in [9.17, 15) is 8.78 Å². The fraction of sp³-hybridized carbons (Fsp3) is 0.571. The van der Waals surface area contributed by atoms with Crippen LogP contribution in [-0.2, 0) is 5.54 Å². The average molecular weight is 271 g/mol. The van der Waals surface area contributed by atoms with Gasteiger partial charge in [0.05, 0.1) is 19.8 Å². The highest BCUT2D eigenvalue weighted by Gasteiger charge is 2.32. The van der Waals surface area contributed by atoms with Gasteiger partial charge in [0.15, 0.2) is 11.5 Å². The lowest BCUT2D eigenvalue weighted by molar-refractivity contribution is 0.145. The fourth-order valence-corrected chi connectivity index (χ4v) is 2.62. The van der Waals surface area contributed by atoms with E-state index in [1.807, 2.05) is 6.92 Å². The van der Waals surface area contributed by atoms with Crippen LogP contribution >= 0.6 is 0 Å². The number of nitrogens with one attached hydrogen (secondary N) is 1. The van der Waals surface area contributed by atoms with E-state index < -0.39 is 6.43 Å². The van der Waals surface area contributed by atoms with E-state index in [4.69, 9.17) is 9.47 Å². The molecule has 1 N–H and O–H groups in total. The number of ether oxygens (including phenoxy) is 2. The van der Waals surface area contributed by atoms with Crippen LogP contribution in [0, 0.1) is 0 Å². The number of rotatable bonds is 4. The van der Waals surface area contributed by atoms with E-state index in [-0.39, 0.29) is 16.9 Å². The molecular formula is C14H19F2NO2. The maximum absolute atomic E-state index is 13.2. The van der Waals surface area contributed by atoms with E-state index in [0.717, 1.165) is 24.9 Å². The Morgan fingerprint density at radius 2 is 2.00 bits per heavy atom. The van der Waals surface area contributed by atoms with Crippen molar-refractivity contribution in [3.05, 3.63) is 23.3 Å². The summed E-state index contributed by atoms with van der Waals surface area (Å²) in [6, 6.07) is 3.30. The summed E-state index contributed by atoms with van der Waals surface area (Å²) in [5, 5.41) is 3.36. The lowest BCUT2D eigenvalue weighted by Gasteiger charge is -2.27. The summed E-state index contributed by atoms with van der Waals surface area (Å²) in [6.07, 6.45) is -0.631. The van der Waals surface area contributed by atoms with Crippen molar-refractivity contribution in [2.75, 3.05) is 20.8 Å². The number of alkyl halides is 2. The first kappa shape index (κ1) is 14.1. The third-order valence-corrected chi connectivity index (χ3v) is 3.75. The van der Waals surface area contributed by atoms with Crippen LogP contribution < -0.4 is 14.8 Å². The summed E-state index contributed by atoms with van der Waals surface area (Å²) in [5.74, 6) is 0.466. The minimum absolute atomic E-state index is 0.114. The number of benzene rings is 1. The van der Waals surface area contributed by atoms with Crippen molar-refractivity contribution in [2.45, 2.75) is 31.7 Å². The standard InChI is InChI=1S/C14H19F2NO2/c1-14(5-4-6-17-14)9-7-10(13(15)16)12(19-3)11(8-9)18-2/h7-8,13,17H,4-6H2,1-3H3. The van der Waals surface area contributed by atoms with Gasteiger partial charge in [-0.2, -0.15) is 0 Å². The predicted molar refractivity (Wildman–Crippen MR) is 69.1 cm³/mol. The van der Waals surface area contributed by atoms with Crippen LogP contribution in [-0.4, -0.2) is 20.8 Å². The molecule has 106 valence electrons. The van der Waals surface area contributed by atoms with E-state index in [1.165, 1.54) is 20.3 Å². The first-order valence-corrected chi connectivity index (χ1v) is 6.31. The second-order valence-electron chi connectivity index (χ2n) is 4.96. The Labute approximate surface area is 111 Å². The van der Waals surface area contributed by atoms with Crippen molar-refractivity contribution in [1.82, 2.24) is 5.32 Å². The van der Waals surface area contributed by atoms with Crippen molar-refractivity contribution in [3.8, 4) is 11.5 Å². The van der Waals surface area contributed by atoms with E-state index >= 15 is 0 Å². The molecule has 1 aromatic carbocycles. The van der Waals surface area contributed by atoms with Crippen molar-refractivity contribution in [2.24, 2.45) is 0 Å². The number of hydrogen-bond acceptors (Lipinski definition) is 3. The summed E-state index contributed by atoms with van der Waals surface area (Å²) >= 11 is 0. The molecule has 0 saturated carbocycles. The van der Waals surface area contributed by atoms with Crippen LogP contribution in [0.2, 0.25) is 0 Å². The topological polar surface area (TPSA) is 30.5 Å². The van der Waals surface area contributed by atoms with Crippen LogP contribution in [0.5, 0.6) is 11.5 Å². The first-order valence-electron chi connectivity index (χ1n) is 6.31. The number of halogens is 2. The quantitative estimate of drug-likeness (QED) is 0.912. The molecule has 3 nitrogen and oxygen atoms in total. The van der Waals surface area contributed by atoms with Crippen LogP contribution in [0.1, 0.15) is 37.3 Å². The van der Waals surface area contributed by atoms with Gasteiger partial charge in [-0.1, -0.05) is 0 Å². The Kier molecular flexibility index (Phi) is 3.94. The van der Waals surface area contributed by atoms with E-state index in [1.54, 1.807) is 6.07 Å². The average Bonchev–Trinajstić information content (AvgIpc) is 2.85. The zero-order chi connectivity index (χ0) is 14.0. The SMILES string of the molecule is COc1cc(C2(C)CCCN2)cc(C(F)F)c1OC. The highest BCUT2D eigenvalue weighted by Crippen LogP contribution is 2.42. The number of methoxy groups -OCH3 is 2. The monoisotopic (exact) mass is 271 g/mol. The van der Waals surface area contributed by atoms with Crippen molar-refractivity contribution < 1.29 is 18.3 Å². The first-order chi connectivity index (χ1) is 9.01. The molecule has 1 aliphatic rings. The normalized spacial score (nSPS) is 22.8. The molecule has 0 aliphatic carbocycles. The molecule has 1 aliphatic heterocycles. The summed E-state index contributed by atoms with van der Waals surface area (Å²) in [5.41, 5.74) is 0.424. The summed E-state index contributed by atoms with van der Waals surface area (Å²) in [4.78, 5) is 0. The van der Waals surface area contributed by atoms with Gasteiger partial charge in [0.2, 0.25) is 0 Å². The third-order valence-electron chi connectivity index (χ3n) is 3.75. The summed E-state index contributed by atoms with van der Waals surface area (Å²) in [6.45, 7) is 2.92. The molecule has 0 spiro atoms. The maximum Gasteiger partial charge on any atom is 0.267 e. The fourth-order valence-electron chi connectivity index (χ4n) is 2.62. The van der Waals surface area contributed by atoms with Crippen LogP contribution in [0.3, 0.4) is 0 Å². The Morgan fingerprint density at radius 3 is 2.47 bits per heavy atom. The molecule has 0 radical (unpaired) electrons. The van der Waals surface area contributed by atoms with Crippen LogP contribution in [0.4, 0.5) is 8.78 Å². The highest BCUT2D eigenvalue weighted by molar-refractivity contribution is 5.51. The molecule has 1 unspecified atom stereocenters. The predicted octanol–water partition coefficient (Wildman–Crippen LogP) is 3.24. The Morgan fingerprint density at radius 1 is 1.26 bits per heavy atom. The number of hydrogen-bond donors (Lipinski definition) is 1. The van der Waals surface area contributed by atoms with Gasteiger partial charge in [0.25, 0.3) is 6.43 Å². The molecule has 1 atom stereocenters. The zero-order valence-corrected chi connectivity index (χ0v) is 11.4. The molecule has 0 aromatic heterocycles. The Hall–Kier alpha value is -1.36. The van der Waals surface area contributed by atoms with Gasteiger partial charge in [-0.15, -0.1) is 0 Å². The lowest BCUT2D eigenvalue weighted by Crippen LogP contribution is -2.33. The summed E-state index contributed by atoms with van der Waals surface area (Å²) < 4.78 is 36.6. The minimum Gasteiger partial charge on any atom is -0.493 e. The smallest absolute Gasteiger partial charge is 0.267 e. The van der Waals surface area contributed by atoms with Crippen molar-refractivity contribution in [1.29, 1.82) is 0 Å². The van der Waals surface area contributed by atoms with Gasteiger partial charge in [0, 0.05) is 5.54 Å². The largest absolute Gasteiger partial charge is 0.493 e. The van der Waals surface area contributed by atoms with Gasteiger partial charge in [0.1, 0.15) is 0 Å². The Balaban J connectivity index is 2.54. The van der Waals surface area contributed by atoms with E-state index in [0.29, 0.717) is 5.75 Å². The summed E-state index contributed by atoms with van der Waals surface area (Å²) in [7, 11) is 2.83. The molecule has 0 bridgehead atoms. The molecule has 19 heavy (non-hydrogen) atoms. The molecule has 1 heterocycles. The van der Waals surface area contributed by atoms with Crippen LogP contribution in [0.15, 0.2) is 12.1 Å². The molecule has 2 rings (SSSR count).